The molecule has 1 aliphatic rings. The third-order valence-electron chi connectivity index (χ3n) is 3.87. The van der Waals surface area contributed by atoms with E-state index in [0.29, 0.717) is 6.10 Å². The molecule has 2 aromatic rings. The van der Waals surface area contributed by atoms with Crippen LogP contribution in [-0.2, 0) is 11.3 Å². The lowest BCUT2D eigenvalue weighted by molar-refractivity contribution is 0.0978. The predicted molar refractivity (Wildman–Crippen MR) is 77.9 cm³/mol. The van der Waals surface area contributed by atoms with Gasteiger partial charge in [-0.25, -0.2) is 15.0 Å². The Balaban J connectivity index is 1.94. The van der Waals surface area contributed by atoms with Crippen molar-refractivity contribution in [3.05, 3.63) is 12.7 Å². The van der Waals surface area contributed by atoms with E-state index in [2.05, 4.69) is 38.3 Å². The number of anilines is 1. The van der Waals surface area contributed by atoms with Crippen molar-refractivity contribution < 1.29 is 4.74 Å². The van der Waals surface area contributed by atoms with E-state index in [4.69, 9.17) is 4.74 Å². The number of rotatable bonds is 5. The van der Waals surface area contributed by atoms with E-state index in [1.165, 1.54) is 0 Å². The summed E-state index contributed by atoms with van der Waals surface area (Å²) in [6, 6.07) is 0. The molecule has 1 aliphatic heterocycles. The molecule has 3 heterocycles. The quantitative estimate of drug-likeness (QED) is 0.833. The summed E-state index contributed by atoms with van der Waals surface area (Å²) in [5.74, 6) is 0.922. The van der Waals surface area contributed by atoms with Gasteiger partial charge in [-0.15, -0.1) is 0 Å². The highest BCUT2D eigenvalue weighted by Gasteiger charge is 2.19. The molecule has 0 aromatic carbocycles. The van der Waals surface area contributed by atoms with Gasteiger partial charge in [-0.3, -0.25) is 0 Å². The molecule has 0 aliphatic carbocycles. The maximum atomic E-state index is 5.69. The summed E-state index contributed by atoms with van der Waals surface area (Å²) in [5.41, 5.74) is 1.78. The van der Waals surface area contributed by atoms with Crippen molar-refractivity contribution in [2.45, 2.75) is 39.3 Å². The number of hydrogen-bond donors (Lipinski definition) is 0. The molecule has 0 bridgehead atoms. The van der Waals surface area contributed by atoms with Gasteiger partial charge in [0.2, 0.25) is 0 Å². The number of nitrogens with zero attached hydrogens (tertiary/aromatic N) is 5. The lowest BCUT2D eigenvalue weighted by Crippen LogP contribution is -2.23. The molecule has 6 nitrogen and oxygen atoms in total. The van der Waals surface area contributed by atoms with Crippen LogP contribution < -0.4 is 4.90 Å². The van der Waals surface area contributed by atoms with Gasteiger partial charge < -0.3 is 14.2 Å². The van der Waals surface area contributed by atoms with Crippen LogP contribution in [0.5, 0.6) is 0 Å². The van der Waals surface area contributed by atoms with Crippen LogP contribution in [0.1, 0.15) is 26.7 Å². The SMILES string of the molecule is CCN(CC)c1ncnc2c1ncn2CC1CCCO1. The second-order valence-electron chi connectivity index (χ2n) is 5.07. The second kappa shape index (κ2) is 5.75. The Hall–Kier alpha value is -1.69. The van der Waals surface area contributed by atoms with Crippen LogP contribution in [0.4, 0.5) is 5.82 Å². The normalized spacial score (nSPS) is 18.8. The Morgan fingerprint density at radius 2 is 2.15 bits per heavy atom. The smallest absolute Gasteiger partial charge is 0.165 e. The van der Waals surface area contributed by atoms with E-state index in [-0.39, 0.29) is 0 Å². The average molecular weight is 275 g/mol. The highest BCUT2D eigenvalue weighted by atomic mass is 16.5. The van der Waals surface area contributed by atoms with E-state index >= 15 is 0 Å². The zero-order valence-electron chi connectivity index (χ0n) is 12.1. The summed E-state index contributed by atoms with van der Waals surface area (Å²) < 4.78 is 7.78. The average Bonchev–Trinajstić information content (AvgIpc) is 3.12. The molecule has 1 atom stereocenters. The lowest BCUT2D eigenvalue weighted by Gasteiger charge is -2.19. The molecule has 1 saturated heterocycles. The van der Waals surface area contributed by atoms with Crippen LogP contribution in [0, 0.1) is 0 Å². The molecule has 3 rings (SSSR count). The van der Waals surface area contributed by atoms with Crippen LogP contribution in [0.15, 0.2) is 12.7 Å². The van der Waals surface area contributed by atoms with Crippen molar-refractivity contribution in [3.8, 4) is 0 Å². The Morgan fingerprint density at radius 3 is 2.85 bits per heavy atom. The van der Waals surface area contributed by atoms with Gasteiger partial charge in [-0.05, 0) is 26.7 Å². The zero-order chi connectivity index (χ0) is 13.9. The van der Waals surface area contributed by atoms with Crippen LogP contribution in [0.25, 0.3) is 11.2 Å². The summed E-state index contributed by atoms with van der Waals surface area (Å²) in [5, 5.41) is 0. The number of aromatic nitrogens is 4. The fourth-order valence-corrected chi connectivity index (χ4v) is 2.76. The standard InChI is InChI=1S/C14H21N5O/c1-3-18(4-2)13-12-14(16-9-15-13)19(10-17-12)8-11-6-5-7-20-11/h9-11H,3-8H2,1-2H3. The van der Waals surface area contributed by atoms with Crippen LogP contribution in [-0.4, -0.2) is 45.3 Å². The van der Waals surface area contributed by atoms with Crippen molar-refractivity contribution in [2.75, 3.05) is 24.6 Å². The van der Waals surface area contributed by atoms with Gasteiger partial charge >= 0.3 is 0 Å². The first-order valence-corrected chi connectivity index (χ1v) is 7.35. The molecule has 0 amide bonds. The highest BCUT2D eigenvalue weighted by Crippen LogP contribution is 2.22. The molecular formula is C14H21N5O. The number of imidazole rings is 1. The third kappa shape index (κ3) is 2.35. The van der Waals surface area contributed by atoms with Crippen molar-refractivity contribution in [3.63, 3.8) is 0 Å². The van der Waals surface area contributed by atoms with E-state index in [0.717, 1.165) is 56.1 Å². The maximum absolute atomic E-state index is 5.69. The van der Waals surface area contributed by atoms with Gasteiger partial charge in [-0.1, -0.05) is 0 Å². The molecule has 2 aromatic heterocycles. The minimum Gasteiger partial charge on any atom is -0.376 e. The molecule has 6 heteroatoms. The zero-order valence-corrected chi connectivity index (χ0v) is 12.1. The molecule has 20 heavy (non-hydrogen) atoms. The molecule has 0 radical (unpaired) electrons. The van der Waals surface area contributed by atoms with Crippen LogP contribution in [0.2, 0.25) is 0 Å². The van der Waals surface area contributed by atoms with Crippen molar-refractivity contribution in [1.82, 2.24) is 19.5 Å². The molecule has 0 saturated carbocycles. The minimum absolute atomic E-state index is 0.291. The van der Waals surface area contributed by atoms with Gasteiger partial charge in [0.05, 0.1) is 19.0 Å². The van der Waals surface area contributed by atoms with Crippen LogP contribution >= 0.6 is 0 Å². The number of fused-ring (bicyclic) bond motifs is 1. The summed E-state index contributed by atoms with van der Waals surface area (Å²) in [6.45, 7) is 7.78. The molecule has 0 spiro atoms. The monoisotopic (exact) mass is 275 g/mol. The Morgan fingerprint density at radius 1 is 1.30 bits per heavy atom. The lowest BCUT2D eigenvalue weighted by atomic mass is 10.2. The third-order valence-corrected chi connectivity index (χ3v) is 3.87. The van der Waals surface area contributed by atoms with Crippen LogP contribution in [0.3, 0.4) is 0 Å². The first-order valence-electron chi connectivity index (χ1n) is 7.35. The van der Waals surface area contributed by atoms with Gasteiger partial charge in [0.1, 0.15) is 6.33 Å². The number of hydrogen-bond acceptors (Lipinski definition) is 5. The van der Waals surface area contributed by atoms with Gasteiger partial charge in [0.15, 0.2) is 17.0 Å². The first kappa shape index (κ1) is 13.3. The summed E-state index contributed by atoms with van der Waals surface area (Å²) >= 11 is 0. The fraction of sp³-hybridized carbons (Fsp3) is 0.643. The van der Waals surface area contributed by atoms with Gasteiger partial charge in [0, 0.05) is 19.7 Å². The molecule has 108 valence electrons. The van der Waals surface area contributed by atoms with Crippen molar-refractivity contribution in [1.29, 1.82) is 0 Å². The topological polar surface area (TPSA) is 56.1 Å². The van der Waals surface area contributed by atoms with E-state index < -0.39 is 0 Å². The molecule has 1 fully saturated rings. The highest BCUT2D eigenvalue weighted by molar-refractivity contribution is 5.83. The summed E-state index contributed by atoms with van der Waals surface area (Å²) in [7, 11) is 0. The van der Waals surface area contributed by atoms with Crippen molar-refractivity contribution in [2.24, 2.45) is 0 Å². The van der Waals surface area contributed by atoms with E-state index in [1.807, 2.05) is 6.33 Å². The Kier molecular flexibility index (Phi) is 3.82. The van der Waals surface area contributed by atoms with Gasteiger partial charge in [0.25, 0.3) is 0 Å². The minimum atomic E-state index is 0.291. The second-order valence-corrected chi connectivity index (χ2v) is 5.07. The molecular weight excluding hydrogens is 254 g/mol. The predicted octanol–water partition coefficient (Wildman–Crippen LogP) is 1.85. The first-order chi connectivity index (χ1) is 9.83. The molecule has 1 unspecified atom stereocenters. The molecule has 0 N–H and O–H groups in total. The maximum Gasteiger partial charge on any atom is 0.165 e. The Bertz CT molecular complexity index is 572. The van der Waals surface area contributed by atoms with E-state index in [1.54, 1.807) is 6.33 Å². The number of ether oxygens (including phenoxy) is 1. The summed E-state index contributed by atoms with van der Waals surface area (Å²) in [4.78, 5) is 15.5. The summed E-state index contributed by atoms with van der Waals surface area (Å²) in [6.07, 6.45) is 6.04. The van der Waals surface area contributed by atoms with E-state index in [9.17, 15) is 0 Å². The largest absolute Gasteiger partial charge is 0.376 e. The van der Waals surface area contributed by atoms with Crippen molar-refractivity contribution >= 4 is 17.0 Å². The van der Waals surface area contributed by atoms with Gasteiger partial charge in [-0.2, -0.15) is 0 Å². The fourth-order valence-electron chi connectivity index (χ4n) is 2.76. The Labute approximate surface area is 118 Å².